The highest BCUT2D eigenvalue weighted by atomic mass is 28.3. The van der Waals surface area contributed by atoms with E-state index in [4.69, 9.17) is 0 Å². The van der Waals surface area contributed by atoms with Crippen LogP contribution in [0.4, 0.5) is 4.79 Å². The summed E-state index contributed by atoms with van der Waals surface area (Å²) < 4.78 is 0. The molecule has 3 aliphatic rings. The summed E-state index contributed by atoms with van der Waals surface area (Å²) in [7, 11) is -1.67. The minimum absolute atomic E-state index is 0.0909. The van der Waals surface area contributed by atoms with Crippen LogP contribution in [-0.2, 0) is 4.79 Å². The molecule has 8 heteroatoms. The number of urea groups is 1. The largest absolute Gasteiger partial charge is 0.394 e. The van der Waals surface area contributed by atoms with E-state index in [2.05, 4.69) is 35.3 Å². The normalized spacial score (nSPS) is 23.1. The van der Waals surface area contributed by atoms with Crippen LogP contribution in [0.15, 0.2) is 16.1 Å². The lowest BCUT2D eigenvalue weighted by Crippen LogP contribution is -2.55. The molecule has 7 nitrogen and oxygen atoms in total. The summed E-state index contributed by atoms with van der Waals surface area (Å²) in [5, 5.41) is 15.5. The molecule has 1 aliphatic carbocycles. The van der Waals surface area contributed by atoms with Gasteiger partial charge < -0.3 is 20.6 Å². The molecule has 0 aromatic carbocycles. The van der Waals surface area contributed by atoms with Crippen LogP contribution in [0.5, 0.6) is 0 Å². The molecule has 30 heavy (non-hydrogen) atoms. The third-order valence-corrected chi connectivity index (χ3v) is 11.2. The first kappa shape index (κ1) is 23.0. The van der Waals surface area contributed by atoms with Gasteiger partial charge in [0.2, 0.25) is 5.91 Å². The van der Waals surface area contributed by atoms with Gasteiger partial charge in [-0.3, -0.25) is 9.79 Å². The number of nitrogens with zero attached hydrogens (tertiary/aromatic N) is 2. The van der Waals surface area contributed by atoms with E-state index in [0.29, 0.717) is 18.9 Å². The molecule has 0 unspecified atom stereocenters. The van der Waals surface area contributed by atoms with E-state index in [1.165, 1.54) is 0 Å². The Hall–Kier alpha value is -1.67. The zero-order valence-corrected chi connectivity index (χ0v) is 20.6. The van der Waals surface area contributed by atoms with Crippen molar-refractivity contribution in [3.8, 4) is 0 Å². The number of amides is 3. The number of carbonyl (C=O) groups is 2. The summed E-state index contributed by atoms with van der Waals surface area (Å²) in [6.45, 7) is 15.6. The van der Waals surface area contributed by atoms with Gasteiger partial charge in [0.15, 0.2) is 0 Å². The van der Waals surface area contributed by atoms with Crippen LogP contribution in [0.3, 0.4) is 0 Å². The van der Waals surface area contributed by atoms with Crippen LogP contribution in [0.1, 0.15) is 47.0 Å². The number of aliphatic imine (C=N–C) groups is 1. The Labute approximate surface area is 181 Å². The second-order valence-corrected chi connectivity index (χ2v) is 16.3. The third-order valence-electron chi connectivity index (χ3n) is 7.64. The zero-order valence-electron chi connectivity index (χ0n) is 19.6. The fraction of sp³-hybridized carbons (Fsp3) is 0.773. The van der Waals surface area contributed by atoms with E-state index in [-0.39, 0.29) is 35.5 Å². The monoisotopic (exact) mass is 434 g/mol. The number of carbonyl (C=O) groups excluding carboxylic acids is 2. The number of rotatable bonds is 5. The summed E-state index contributed by atoms with van der Waals surface area (Å²) >= 11 is 0. The topological polar surface area (TPSA) is 94.0 Å². The molecular weight excluding hydrogens is 396 g/mol. The number of aliphatic hydroxyl groups excluding tert-OH is 1. The number of hydrogen-bond acceptors (Lipinski definition) is 4. The predicted octanol–water partition coefficient (Wildman–Crippen LogP) is 2.89. The van der Waals surface area contributed by atoms with Gasteiger partial charge in [-0.2, -0.15) is 0 Å². The van der Waals surface area contributed by atoms with Gasteiger partial charge in [-0.15, -0.1) is 0 Å². The molecule has 3 N–H and O–H groups in total. The number of aliphatic hydroxyl groups is 1. The Balaban J connectivity index is 1.74. The molecular formula is C22H38N4O3Si. The maximum Gasteiger partial charge on any atom is 0.318 e. The standard InChI is InChI=1S/C22H38N4O3Si/c1-14(2)17(13-27)24-20(29)26-12-15-16(21(26,3)4)11-23-18(15)25-19(28)22(9-8-10-22)30(5,6)7/h14,17,27H,8-13H2,1-7H3,(H,24,29)(H,23,25,28)/t17-/m1/s1. The summed E-state index contributed by atoms with van der Waals surface area (Å²) in [4.78, 5) is 32.7. The molecule has 1 atom stereocenters. The van der Waals surface area contributed by atoms with Crippen molar-refractivity contribution in [2.75, 3.05) is 19.7 Å². The van der Waals surface area contributed by atoms with Crippen LogP contribution in [-0.4, -0.2) is 67.1 Å². The van der Waals surface area contributed by atoms with Crippen molar-refractivity contribution in [3.05, 3.63) is 11.1 Å². The highest BCUT2D eigenvalue weighted by molar-refractivity contribution is 6.82. The maximum absolute atomic E-state index is 13.3. The molecule has 168 valence electrons. The summed E-state index contributed by atoms with van der Waals surface area (Å²) in [5.41, 5.74) is 1.58. The van der Waals surface area contributed by atoms with Gasteiger partial charge in [0.25, 0.3) is 0 Å². The van der Waals surface area contributed by atoms with Gasteiger partial charge in [-0.05, 0) is 38.2 Å². The number of nitrogens with one attached hydrogen (secondary N) is 2. The third kappa shape index (κ3) is 3.62. The van der Waals surface area contributed by atoms with Gasteiger partial charge in [0.05, 0.1) is 39.4 Å². The molecule has 3 amide bonds. The number of hydrogen-bond donors (Lipinski definition) is 3. The smallest absolute Gasteiger partial charge is 0.318 e. The van der Waals surface area contributed by atoms with Crippen LogP contribution < -0.4 is 10.6 Å². The lowest BCUT2D eigenvalue weighted by molar-refractivity contribution is -0.125. The summed E-state index contributed by atoms with van der Waals surface area (Å²) in [5.74, 6) is 0.896. The fourth-order valence-corrected chi connectivity index (χ4v) is 7.52. The molecule has 1 fully saturated rings. The second-order valence-electron chi connectivity index (χ2n) is 10.9. The molecule has 0 bridgehead atoms. The van der Waals surface area contributed by atoms with Crippen LogP contribution >= 0.6 is 0 Å². The molecule has 0 saturated heterocycles. The van der Waals surface area contributed by atoms with E-state index >= 15 is 0 Å². The van der Waals surface area contributed by atoms with E-state index in [1.807, 2.05) is 27.7 Å². The molecule has 0 aromatic heterocycles. The minimum atomic E-state index is -1.67. The molecule has 3 rings (SSSR count). The first-order chi connectivity index (χ1) is 13.8. The summed E-state index contributed by atoms with van der Waals surface area (Å²) in [6.07, 6.45) is 3.04. The molecule has 0 spiro atoms. The molecule has 0 aromatic rings. The molecule has 2 aliphatic heterocycles. The average molecular weight is 435 g/mol. The first-order valence-corrected chi connectivity index (χ1v) is 14.6. The first-order valence-electron chi connectivity index (χ1n) is 11.1. The quantitative estimate of drug-likeness (QED) is 0.581. The predicted molar refractivity (Wildman–Crippen MR) is 122 cm³/mol. The van der Waals surface area contributed by atoms with Gasteiger partial charge >= 0.3 is 6.03 Å². The fourth-order valence-electron chi connectivity index (χ4n) is 4.92. The second kappa shape index (κ2) is 7.78. The average Bonchev–Trinajstić information content (AvgIpc) is 3.08. The highest BCUT2D eigenvalue weighted by Crippen LogP contribution is 2.55. The van der Waals surface area contributed by atoms with Crippen LogP contribution in [0.2, 0.25) is 24.7 Å². The lowest BCUT2D eigenvalue weighted by atomic mass is 9.83. The number of amidine groups is 1. The van der Waals surface area contributed by atoms with Crippen molar-refractivity contribution in [1.29, 1.82) is 0 Å². The Kier molecular flexibility index (Phi) is 5.97. The molecule has 2 heterocycles. The Morgan fingerprint density at radius 1 is 1.23 bits per heavy atom. The Bertz CT molecular complexity index is 791. The van der Waals surface area contributed by atoms with Gasteiger partial charge in [0.1, 0.15) is 5.84 Å². The van der Waals surface area contributed by atoms with Gasteiger partial charge in [-0.1, -0.05) is 39.9 Å². The Morgan fingerprint density at radius 3 is 2.33 bits per heavy atom. The van der Waals surface area contributed by atoms with Crippen LogP contribution in [0, 0.1) is 5.92 Å². The van der Waals surface area contributed by atoms with Crippen molar-refractivity contribution < 1.29 is 14.7 Å². The highest BCUT2D eigenvalue weighted by Gasteiger charge is 2.54. The van der Waals surface area contributed by atoms with Crippen molar-refractivity contribution in [2.24, 2.45) is 10.9 Å². The van der Waals surface area contributed by atoms with E-state index in [1.54, 1.807) is 4.90 Å². The SMILES string of the molecule is CC(C)[C@@H](CO)NC(=O)N1CC2=C(CN=C2NC(=O)C2([Si](C)(C)C)CCC2)C1(C)C. The van der Waals surface area contributed by atoms with E-state index in [9.17, 15) is 14.7 Å². The van der Waals surface area contributed by atoms with Gasteiger partial charge in [-0.25, -0.2) is 4.79 Å². The lowest BCUT2D eigenvalue weighted by Gasteiger charge is -2.49. The van der Waals surface area contributed by atoms with E-state index < -0.39 is 13.6 Å². The zero-order chi connectivity index (χ0) is 22.5. The maximum atomic E-state index is 13.3. The van der Waals surface area contributed by atoms with Crippen molar-refractivity contribution in [3.63, 3.8) is 0 Å². The molecule has 1 saturated carbocycles. The van der Waals surface area contributed by atoms with Crippen molar-refractivity contribution in [2.45, 2.75) is 83.2 Å². The summed E-state index contributed by atoms with van der Waals surface area (Å²) in [6, 6.07) is -0.475. The molecule has 0 radical (unpaired) electrons. The van der Waals surface area contributed by atoms with Crippen molar-refractivity contribution in [1.82, 2.24) is 15.5 Å². The van der Waals surface area contributed by atoms with E-state index in [0.717, 1.165) is 30.4 Å². The van der Waals surface area contributed by atoms with Gasteiger partial charge in [0, 0.05) is 10.6 Å². The minimum Gasteiger partial charge on any atom is -0.394 e. The van der Waals surface area contributed by atoms with Crippen molar-refractivity contribution >= 4 is 25.8 Å². The Morgan fingerprint density at radius 2 is 1.87 bits per heavy atom. The van der Waals surface area contributed by atoms with Crippen LogP contribution in [0.25, 0.3) is 0 Å².